The molecule has 0 nitrogen and oxygen atoms in total. The largest absolute Gasteiger partial charge is 0.158 e. The molecule has 0 aromatic rings. The lowest BCUT2D eigenvalue weighted by Gasteiger charge is -2.48. The van der Waals surface area contributed by atoms with Gasteiger partial charge in [0.2, 0.25) is 0 Å². The van der Waals surface area contributed by atoms with Gasteiger partial charge < -0.3 is 0 Å². The van der Waals surface area contributed by atoms with Crippen molar-refractivity contribution in [2.24, 2.45) is 28.6 Å². The maximum atomic E-state index is 2.58. The van der Waals surface area contributed by atoms with Gasteiger partial charge in [-0.25, -0.2) is 0 Å². The molecule has 3 heteroatoms. The van der Waals surface area contributed by atoms with Gasteiger partial charge in [-0.2, -0.15) is 23.5 Å². The van der Waals surface area contributed by atoms with Gasteiger partial charge in [0.15, 0.2) is 0 Å². The molecule has 2 aliphatic carbocycles. The van der Waals surface area contributed by atoms with E-state index in [1.165, 1.54) is 52.6 Å². The summed E-state index contributed by atoms with van der Waals surface area (Å²) in [5.41, 5.74) is 2.20. The fraction of sp³-hybridized carbons (Fsp3) is 1.00. The number of fused-ring (bicyclic) bond motifs is 2. The molecule has 0 N–H and O–H groups in total. The minimum Gasteiger partial charge on any atom is -0.158 e. The lowest BCUT2D eigenvalue weighted by atomic mass is 9.66. The van der Waals surface area contributed by atoms with Crippen molar-refractivity contribution in [3.8, 4) is 0 Å². The zero-order valence-corrected chi connectivity index (χ0v) is 20.4. The molecule has 4 fully saturated rings. The summed E-state index contributed by atoms with van der Waals surface area (Å²) in [5, 5.41) is 3.04. The average Bonchev–Trinajstić information content (AvgIpc) is 2.81. The van der Waals surface area contributed by atoms with E-state index in [1.807, 2.05) is 0 Å². The molecule has 2 aliphatic heterocycles. The Morgan fingerprint density at radius 1 is 1.00 bits per heavy atom. The molecule has 0 radical (unpaired) electrons. The molecule has 4 rings (SSSR count). The Hall–Kier alpha value is 1.13. The van der Waals surface area contributed by atoms with Crippen molar-refractivity contribution in [3.05, 3.63) is 0 Å². The van der Waals surface area contributed by atoms with Gasteiger partial charge in [-0.3, -0.25) is 0 Å². The number of hydrogen-bond donors (Lipinski definition) is 0. The van der Waals surface area contributed by atoms with Crippen molar-refractivity contribution in [2.75, 3.05) is 11.9 Å². The predicted octanol–water partition coefficient (Wildman–Crippen LogP) is 7.31. The van der Waals surface area contributed by atoms with Crippen LogP contribution in [0.4, 0.5) is 0 Å². The van der Waals surface area contributed by atoms with E-state index in [1.54, 1.807) is 12.8 Å². The molecular formula is C23H41PS2. The molecule has 4 aliphatic rings. The Labute approximate surface area is 173 Å². The molecule has 2 saturated heterocycles. The average molecular weight is 413 g/mol. The van der Waals surface area contributed by atoms with Crippen molar-refractivity contribution >= 4 is 32.1 Å². The summed E-state index contributed by atoms with van der Waals surface area (Å²) in [4.78, 5) is 0. The second-order valence-electron chi connectivity index (χ2n) is 11.8. The van der Waals surface area contributed by atoms with Crippen molar-refractivity contribution in [2.45, 2.75) is 101 Å². The molecule has 0 amide bonds. The molecular weight excluding hydrogens is 371 g/mol. The van der Waals surface area contributed by atoms with E-state index in [2.05, 4.69) is 58.1 Å². The normalized spacial score (nSPS) is 43.0. The maximum absolute atomic E-state index is 2.58. The van der Waals surface area contributed by atoms with Crippen LogP contribution in [-0.4, -0.2) is 33.3 Å². The van der Waals surface area contributed by atoms with E-state index < -0.39 is 0 Å². The Bertz CT molecular complexity index is 497. The molecule has 0 bridgehead atoms. The molecule has 8 atom stereocenters. The van der Waals surface area contributed by atoms with Crippen molar-refractivity contribution in [3.63, 3.8) is 0 Å². The third-order valence-corrected chi connectivity index (χ3v) is 13.1. The number of hydrogen-bond acceptors (Lipinski definition) is 2. The Morgan fingerprint density at radius 3 is 2.54 bits per heavy atom. The first-order valence-corrected chi connectivity index (χ1v) is 14.5. The molecule has 8 unspecified atom stereocenters. The van der Waals surface area contributed by atoms with E-state index in [4.69, 9.17) is 0 Å². The summed E-state index contributed by atoms with van der Waals surface area (Å²) in [5.74, 6) is 4.65. The van der Waals surface area contributed by atoms with Crippen LogP contribution in [-0.2, 0) is 0 Å². The minimum atomic E-state index is 0.521. The van der Waals surface area contributed by atoms with Gasteiger partial charge in [0.1, 0.15) is 0 Å². The van der Waals surface area contributed by atoms with E-state index in [0.717, 1.165) is 39.2 Å². The van der Waals surface area contributed by atoms with Crippen molar-refractivity contribution in [1.29, 1.82) is 0 Å². The Kier molecular flexibility index (Phi) is 6.09. The van der Waals surface area contributed by atoms with E-state index in [0.29, 0.717) is 10.8 Å². The first-order chi connectivity index (χ1) is 12.2. The third kappa shape index (κ3) is 4.64. The van der Waals surface area contributed by atoms with E-state index >= 15 is 0 Å². The van der Waals surface area contributed by atoms with Crippen LogP contribution in [0.5, 0.6) is 0 Å². The molecule has 0 aromatic carbocycles. The summed E-state index contributed by atoms with van der Waals surface area (Å²) in [7, 11) is 1.25. The highest BCUT2D eigenvalue weighted by Crippen LogP contribution is 2.59. The first kappa shape index (κ1) is 20.4. The predicted molar refractivity (Wildman–Crippen MR) is 124 cm³/mol. The van der Waals surface area contributed by atoms with Crippen LogP contribution in [0.25, 0.3) is 0 Å². The second-order valence-corrected chi connectivity index (χ2v) is 16.1. The van der Waals surface area contributed by atoms with Gasteiger partial charge in [0, 0.05) is 15.7 Å². The maximum Gasteiger partial charge on any atom is 0.0107 e. The summed E-state index contributed by atoms with van der Waals surface area (Å²) in [6.45, 7) is 12.4. The summed E-state index contributed by atoms with van der Waals surface area (Å²) in [6, 6.07) is 0. The molecule has 2 saturated carbocycles. The summed E-state index contributed by atoms with van der Waals surface area (Å²) in [6.07, 6.45) is 12.1. The standard InChI is InChI=1S/C23H41PS2/c1-22(2,3)12-16-9-15-10-17(26-21(15)16)13-23(4,5)14-24-19-11-20-18(19)7-6-8-25-20/h15-21,24H,6-14H2,1-5H3. The van der Waals surface area contributed by atoms with Gasteiger partial charge in [-0.15, -0.1) is 8.58 Å². The fourth-order valence-electron chi connectivity index (χ4n) is 6.16. The fourth-order valence-corrected chi connectivity index (χ4v) is 12.3. The molecule has 150 valence electrons. The first-order valence-electron chi connectivity index (χ1n) is 11.2. The van der Waals surface area contributed by atoms with E-state index in [-0.39, 0.29) is 0 Å². The lowest BCUT2D eigenvalue weighted by Crippen LogP contribution is -2.43. The molecule has 0 spiro atoms. The number of thioether (sulfide) groups is 2. The van der Waals surface area contributed by atoms with Crippen LogP contribution < -0.4 is 0 Å². The van der Waals surface area contributed by atoms with Crippen LogP contribution in [0.2, 0.25) is 0 Å². The Balaban J connectivity index is 1.20. The van der Waals surface area contributed by atoms with Gasteiger partial charge in [-0.1, -0.05) is 34.6 Å². The second kappa shape index (κ2) is 7.75. The van der Waals surface area contributed by atoms with Crippen LogP contribution in [0, 0.1) is 28.6 Å². The highest BCUT2D eigenvalue weighted by Gasteiger charge is 2.49. The summed E-state index contributed by atoms with van der Waals surface area (Å²) >= 11 is 4.70. The quantitative estimate of drug-likeness (QED) is 0.419. The van der Waals surface area contributed by atoms with Crippen LogP contribution >= 0.6 is 32.1 Å². The van der Waals surface area contributed by atoms with Gasteiger partial charge in [-0.05, 0) is 91.1 Å². The summed E-state index contributed by atoms with van der Waals surface area (Å²) < 4.78 is 0. The molecule has 0 aromatic heterocycles. The molecule has 26 heavy (non-hydrogen) atoms. The highest BCUT2D eigenvalue weighted by molar-refractivity contribution is 8.00. The minimum absolute atomic E-state index is 0.521. The Morgan fingerprint density at radius 2 is 1.81 bits per heavy atom. The van der Waals surface area contributed by atoms with Crippen molar-refractivity contribution < 1.29 is 0 Å². The third-order valence-electron chi connectivity index (χ3n) is 7.44. The van der Waals surface area contributed by atoms with E-state index in [9.17, 15) is 0 Å². The van der Waals surface area contributed by atoms with Crippen molar-refractivity contribution in [1.82, 2.24) is 0 Å². The molecule has 2 heterocycles. The van der Waals surface area contributed by atoms with Crippen LogP contribution in [0.3, 0.4) is 0 Å². The SMILES string of the molecule is CC(C)(C)CC1CC2CC(CC(C)(C)CPC3CC4SCCCC34)SC21. The van der Waals surface area contributed by atoms with Gasteiger partial charge in [0.05, 0.1) is 0 Å². The zero-order chi connectivity index (χ0) is 18.5. The van der Waals surface area contributed by atoms with Gasteiger partial charge >= 0.3 is 0 Å². The monoisotopic (exact) mass is 412 g/mol. The smallest absolute Gasteiger partial charge is 0.0107 e. The number of rotatable bonds is 6. The zero-order valence-electron chi connectivity index (χ0n) is 17.7. The van der Waals surface area contributed by atoms with Crippen LogP contribution in [0.1, 0.15) is 79.6 Å². The lowest BCUT2D eigenvalue weighted by molar-refractivity contribution is 0.148. The highest BCUT2D eigenvalue weighted by atomic mass is 32.2. The van der Waals surface area contributed by atoms with Crippen LogP contribution in [0.15, 0.2) is 0 Å². The topological polar surface area (TPSA) is 0 Å². The van der Waals surface area contributed by atoms with Gasteiger partial charge in [0.25, 0.3) is 0 Å².